The molecule has 2 atom stereocenters. The van der Waals surface area contributed by atoms with E-state index in [0.717, 1.165) is 44.6 Å². The van der Waals surface area contributed by atoms with Gasteiger partial charge in [0.25, 0.3) is 0 Å². The van der Waals surface area contributed by atoms with E-state index >= 15 is 0 Å². The van der Waals surface area contributed by atoms with Crippen LogP contribution < -0.4 is 5.32 Å². The third-order valence-electron chi connectivity index (χ3n) is 4.85. The van der Waals surface area contributed by atoms with Crippen molar-refractivity contribution in [3.05, 3.63) is 34.5 Å². The second-order valence-corrected chi connectivity index (χ2v) is 7.06. The Balaban J connectivity index is 1.33. The van der Waals surface area contributed by atoms with Crippen molar-refractivity contribution in [2.75, 3.05) is 13.1 Å². The first kappa shape index (κ1) is 14.8. The molecule has 2 aliphatic rings. The molecule has 0 saturated carbocycles. The zero-order valence-corrected chi connectivity index (χ0v) is 13.8. The highest BCUT2D eigenvalue weighted by Gasteiger charge is 2.30. The Kier molecular flexibility index (Phi) is 4.13. The summed E-state index contributed by atoms with van der Waals surface area (Å²) in [5, 5.41) is 11.9. The van der Waals surface area contributed by atoms with Gasteiger partial charge in [0, 0.05) is 19.0 Å². The quantitative estimate of drug-likeness (QED) is 0.924. The predicted octanol–water partition coefficient (Wildman–Crippen LogP) is 1.61. The molecule has 2 aromatic rings. The van der Waals surface area contributed by atoms with Crippen LogP contribution in [0.15, 0.2) is 23.2 Å². The number of thiophene rings is 1. The number of carbonyl (C=O) groups excluding carboxylic acids is 1. The summed E-state index contributed by atoms with van der Waals surface area (Å²) in [5.74, 6) is 1.26. The summed E-state index contributed by atoms with van der Waals surface area (Å²) in [6.07, 6.45) is 5.72. The van der Waals surface area contributed by atoms with Crippen LogP contribution in [0.5, 0.6) is 0 Å². The van der Waals surface area contributed by atoms with Gasteiger partial charge in [0.05, 0.1) is 19.1 Å². The molecular formula is C16H21N5OS. The topological polar surface area (TPSA) is 63.1 Å². The zero-order chi connectivity index (χ0) is 15.6. The third kappa shape index (κ3) is 3.03. The van der Waals surface area contributed by atoms with Gasteiger partial charge in [-0.2, -0.15) is 16.4 Å². The van der Waals surface area contributed by atoms with Crippen LogP contribution in [0.2, 0.25) is 0 Å². The van der Waals surface area contributed by atoms with Gasteiger partial charge in [-0.15, -0.1) is 0 Å². The molecule has 1 amide bonds. The lowest BCUT2D eigenvalue weighted by Gasteiger charge is -2.27. The zero-order valence-electron chi connectivity index (χ0n) is 13.0. The molecule has 2 aromatic heterocycles. The molecule has 1 fully saturated rings. The van der Waals surface area contributed by atoms with E-state index < -0.39 is 0 Å². The molecular weight excluding hydrogens is 310 g/mol. The maximum absolute atomic E-state index is 12.6. The molecule has 0 spiro atoms. The molecule has 1 N–H and O–H groups in total. The van der Waals surface area contributed by atoms with E-state index in [1.54, 1.807) is 17.7 Å². The summed E-state index contributed by atoms with van der Waals surface area (Å²) < 4.78 is 1.94. The molecule has 0 aliphatic carbocycles. The van der Waals surface area contributed by atoms with Crippen molar-refractivity contribution in [3.8, 4) is 0 Å². The SMILES string of the molecule is O=C(CN[C@H]1CCc2ncnn2C1)N1CCC[C@@H]1c1ccsc1. The number of carbonyl (C=O) groups is 1. The highest BCUT2D eigenvalue weighted by molar-refractivity contribution is 7.07. The molecule has 2 aliphatic heterocycles. The second-order valence-electron chi connectivity index (χ2n) is 6.28. The van der Waals surface area contributed by atoms with E-state index in [1.165, 1.54) is 5.56 Å². The molecule has 23 heavy (non-hydrogen) atoms. The van der Waals surface area contributed by atoms with Crippen molar-refractivity contribution in [1.29, 1.82) is 0 Å². The maximum Gasteiger partial charge on any atom is 0.237 e. The first-order chi connectivity index (χ1) is 11.3. The van der Waals surface area contributed by atoms with Crippen LogP contribution in [0.3, 0.4) is 0 Å². The molecule has 4 heterocycles. The summed E-state index contributed by atoms with van der Waals surface area (Å²) in [6, 6.07) is 2.71. The Morgan fingerprint density at radius 3 is 3.26 bits per heavy atom. The van der Waals surface area contributed by atoms with Gasteiger partial charge in [0.1, 0.15) is 12.2 Å². The third-order valence-corrected chi connectivity index (χ3v) is 5.55. The molecule has 6 nitrogen and oxygen atoms in total. The van der Waals surface area contributed by atoms with Crippen molar-refractivity contribution in [2.45, 2.75) is 44.3 Å². The first-order valence-corrected chi connectivity index (χ1v) is 9.17. The maximum atomic E-state index is 12.6. The van der Waals surface area contributed by atoms with Gasteiger partial charge in [0.15, 0.2) is 0 Å². The largest absolute Gasteiger partial charge is 0.335 e. The number of amides is 1. The van der Waals surface area contributed by atoms with E-state index in [-0.39, 0.29) is 11.9 Å². The van der Waals surface area contributed by atoms with Crippen LogP contribution in [0.4, 0.5) is 0 Å². The van der Waals surface area contributed by atoms with Gasteiger partial charge < -0.3 is 10.2 Å². The number of nitrogens with one attached hydrogen (secondary N) is 1. The van der Waals surface area contributed by atoms with E-state index in [4.69, 9.17) is 0 Å². The number of nitrogens with zero attached hydrogens (tertiary/aromatic N) is 4. The lowest BCUT2D eigenvalue weighted by molar-refractivity contribution is -0.131. The van der Waals surface area contributed by atoms with Crippen molar-refractivity contribution in [2.24, 2.45) is 0 Å². The first-order valence-electron chi connectivity index (χ1n) is 8.23. The van der Waals surface area contributed by atoms with E-state index in [0.29, 0.717) is 12.6 Å². The van der Waals surface area contributed by atoms with Crippen molar-refractivity contribution >= 4 is 17.2 Å². The van der Waals surface area contributed by atoms with Crippen LogP contribution in [-0.4, -0.2) is 44.7 Å². The van der Waals surface area contributed by atoms with Crippen molar-refractivity contribution in [3.63, 3.8) is 0 Å². The Hall–Kier alpha value is -1.73. The van der Waals surface area contributed by atoms with E-state index in [1.807, 2.05) is 9.58 Å². The Morgan fingerprint density at radius 2 is 2.39 bits per heavy atom. The monoisotopic (exact) mass is 331 g/mol. The van der Waals surface area contributed by atoms with Gasteiger partial charge in [0.2, 0.25) is 5.91 Å². The average Bonchev–Trinajstić information content (AvgIpc) is 3.32. The van der Waals surface area contributed by atoms with Crippen LogP contribution in [0.25, 0.3) is 0 Å². The number of likely N-dealkylation sites (tertiary alicyclic amines) is 1. The summed E-state index contributed by atoms with van der Waals surface area (Å²) in [6.45, 7) is 2.09. The number of fused-ring (bicyclic) bond motifs is 1. The molecule has 0 radical (unpaired) electrons. The van der Waals surface area contributed by atoms with Crippen molar-refractivity contribution in [1.82, 2.24) is 25.0 Å². The molecule has 7 heteroatoms. The smallest absolute Gasteiger partial charge is 0.237 e. The summed E-state index contributed by atoms with van der Waals surface area (Å²) in [5.41, 5.74) is 1.28. The standard InChI is InChI=1S/C16H21N5OS/c22-16(20-6-1-2-14(20)12-5-7-23-10-12)8-17-13-3-4-15-18-11-19-21(15)9-13/h5,7,10-11,13-14,17H,1-4,6,8-9H2/t13-,14+/m0/s1. The Bertz CT molecular complexity index is 668. The Labute approximate surface area is 139 Å². The highest BCUT2D eigenvalue weighted by atomic mass is 32.1. The number of rotatable bonds is 4. The van der Waals surface area contributed by atoms with Gasteiger partial charge in [-0.25, -0.2) is 9.67 Å². The molecule has 0 aromatic carbocycles. The lowest BCUT2D eigenvalue weighted by Crippen LogP contribution is -2.44. The van der Waals surface area contributed by atoms with E-state index in [2.05, 4.69) is 32.2 Å². The summed E-state index contributed by atoms with van der Waals surface area (Å²) >= 11 is 1.70. The van der Waals surface area contributed by atoms with Crippen LogP contribution in [0.1, 0.15) is 36.7 Å². The van der Waals surface area contributed by atoms with Gasteiger partial charge >= 0.3 is 0 Å². The van der Waals surface area contributed by atoms with E-state index in [9.17, 15) is 4.79 Å². The minimum absolute atomic E-state index is 0.211. The summed E-state index contributed by atoms with van der Waals surface area (Å²) in [7, 11) is 0. The normalized spacial score (nSPS) is 23.9. The molecule has 0 bridgehead atoms. The number of aryl methyl sites for hydroxylation is 1. The summed E-state index contributed by atoms with van der Waals surface area (Å²) in [4.78, 5) is 18.9. The van der Waals surface area contributed by atoms with Crippen LogP contribution >= 0.6 is 11.3 Å². The predicted molar refractivity (Wildman–Crippen MR) is 88.1 cm³/mol. The molecule has 1 saturated heterocycles. The fourth-order valence-corrected chi connectivity index (χ4v) is 4.32. The van der Waals surface area contributed by atoms with Crippen LogP contribution in [-0.2, 0) is 17.8 Å². The Morgan fingerprint density at radius 1 is 1.43 bits per heavy atom. The molecule has 0 unspecified atom stereocenters. The fourth-order valence-electron chi connectivity index (χ4n) is 3.61. The minimum Gasteiger partial charge on any atom is -0.335 e. The average molecular weight is 331 g/mol. The number of aromatic nitrogens is 3. The highest BCUT2D eigenvalue weighted by Crippen LogP contribution is 2.32. The minimum atomic E-state index is 0.211. The van der Waals surface area contributed by atoms with Crippen LogP contribution in [0, 0.1) is 0 Å². The lowest BCUT2D eigenvalue weighted by atomic mass is 10.1. The van der Waals surface area contributed by atoms with Gasteiger partial charge in [-0.1, -0.05) is 0 Å². The van der Waals surface area contributed by atoms with Gasteiger partial charge in [-0.05, 0) is 41.7 Å². The number of hydrogen-bond donors (Lipinski definition) is 1. The molecule has 122 valence electrons. The fraction of sp³-hybridized carbons (Fsp3) is 0.562. The second kappa shape index (κ2) is 6.41. The van der Waals surface area contributed by atoms with Gasteiger partial charge in [-0.3, -0.25) is 4.79 Å². The van der Waals surface area contributed by atoms with Crippen molar-refractivity contribution < 1.29 is 4.79 Å². The molecule has 4 rings (SSSR count). The number of hydrogen-bond acceptors (Lipinski definition) is 5.